The molecule has 0 bridgehead atoms. The Morgan fingerprint density at radius 3 is 2.59 bits per heavy atom. The van der Waals surface area contributed by atoms with Crippen molar-refractivity contribution < 1.29 is 14.3 Å². The zero-order valence-electron chi connectivity index (χ0n) is 16.7. The molecule has 2 saturated heterocycles. The van der Waals surface area contributed by atoms with Gasteiger partial charge in [0.15, 0.2) is 5.75 Å². The minimum absolute atomic E-state index is 0.363. The summed E-state index contributed by atoms with van der Waals surface area (Å²) < 4.78 is 11.7. The number of esters is 1. The molecule has 29 heavy (non-hydrogen) atoms. The van der Waals surface area contributed by atoms with Crippen LogP contribution in [-0.4, -0.2) is 39.3 Å². The molecular formula is C23H27BrN2O3. The number of rotatable bonds is 6. The number of hydrogen-bond acceptors (Lipinski definition) is 5. The van der Waals surface area contributed by atoms with Crippen LogP contribution in [-0.2, 0) is 4.74 Å². The number of ether oxygens (including phenoxy) is 2. The summed E-state index contributed by atoms with van der Waals surface area (Å²) in [6.07, 6.45) is 3.96. The van der Waals surface area contributed by atoms with Gasteiger partial charge >= 0.3 is 5.97 Å². The standard InChI is InChI=1S/C23H27BrN2O3/c1-28-23(27)18-6-7-21(19(24)13-18)29-22-5-3-2-4-20(22)26-14-17(15-26)12-16-8-10-25-11-9-16/h2-7,13,16-17,25H,8-12,14-15H2,1H3. The lowest BCUT2D eigenvalue weighted by Gasteiger charge is -2.43. The molecule has 2 heterocycles. The van der Waals surface area contributed by atoms with Crippen LogP contribution >= 0.6 is 15.9 Å². The first-order valence-electron chi connectivity index (χ1n) is 10.2. The minimum atomic E-state index is -0.363. The topological polar surface area (TPSA) is 50.8 Å². The molecule has 0 saturated carbocycles. The molecule has 1 N–H and O–H groups in total. The highest BCUT2D eigenvalue weighted by Crippen LogP contribution is 2.39. The van der Waals surface area contributed by atoms with Gasteiger partial charge in [-0.3, -0.25) is 0 Å². The third kappa shape index (κ3) is 4.75. The molecule has 2 aliphatic rings. The summed E-state index contributed by atoms with van der Waals surface area (Å²) >= 11 is 3.51. The number of piperidine rings is 1. The number of hydrogen-bond donors (Lipinski definition) is 1. The van der Waals surface area contributed by atoms with Gasteiger partial charge in [0, 0.05) is 13.1 Å². The molecular weight excluding hydrogens is 432 g/mol. The zero-order chi connectivity index (χ0) is 20.2. The van der Waals surface area contributed by atoms with Crippen molar-refractivity contribution in [2.45, 2.75) is 19.3 Å². The Morgan fingerprint density at radius 1 is 1.10 bits per heavy atom. The van der Waals surface area contributed by atoms with Gasteiger partial charge in [-0.2, -0.15) is 0 Å². The monoisotopic (exact) mass is 458 g/mol. The second-order valence-corrected chi connectivity index (χ2v) is 8.76. The van der Waals surface area contributed by atoms with Gasteiger partial charge < -0.3 is 19.7 Å². The van der Waals surface area contributed by atoms with E-state index in [-0.39, 0.29) is 5.97 Å². The average molecular weight is 459 g/mol. The van der Waals surface area contributed by atoms with E-state index in [0.29, 0.717) is 11.3 Å². The van der Waals surface area contributed by atoms with E-state index in [0.717, 1.165) is 40.8 Å². The van der Waals surface area contributed by atoms with Crippen molar-refractivity contribution in [1.82, 2.24) is 5.32 Å². The lowest BCUT2D eigenvalue weighted by Crippen LogP contribution is -2.48. The summed E-state index contributed by atoms with van der Waals surface area (Å²) in [5.74, 6) is 2.80. The first-order chi connectivity index (χ1) is 14.1. The number of carbonyl (C=O) groups is 1. The van der Waals surface area contributed by atoms with Gasteiger partial charge in [-0.1, -0.05) is 12.1 Å². The van der Waals surface area contributed by atoms with E-state index in [1.54, 1.807) is 18.2 Å². The number of nitrogens with zero attached hydrogens (tertiary/aromatic N) is 1. The first-order valence-corrected chi connectivity index (χ1v) is 11.0. The molecule has 6 heteroatoms. The Labute approximate surface area is 180 Å². The molecule has 0 radical (unpaired) electrons. The summed E-state index contributed by atoms with van der Waals surface area (Å²) in [7, 11) is 1.38. The van der Waals surface area contributed by atoms with E-state index in [1.165, 1.54) is 39.5 Å². The lowest BCUT2D eigenvalue weighted by molar-refractivity contribution is 0.0600. The molecule has 2 aromatic rings. The van der Waals surface area contributed by atoms with E-state index >= 15 is 0 Å². The SMILES string of the molecule is COC(=O)c1ccc(Oc2ccccc2N2CC(CC3CCNCC3)C2)c(Br)c1. The van der Waals surface area contributed by atoms with Crippen molar-refractivity contribution in [2.75, 3.05) is 38.2 Å². The number of carbonyl (C=O) groups excluding carboxylic acids is 1. The molecule has 0 amide bonds. The fraction of sp³-hybridized carbons (Fsp3) is 0.435. The van der Waals surface area contributed by atoms with Crippen LogP contribution in [0.15, 0.2) is 46.9 Å². The van der Waals surface area contributed by atoms with Gasteiger partial charge in [-0.05, 0) is 90.4 Å². The largest absolute Gasteiger partial charge is 0.465 e. The molecule has 4 rings (SSSR count). The minimum Gasteiger partial charge on any atom is -0.465 e. The number of halogens is 1. The molecule has 2 fully saturated rings. The van der Waals surface area contributed by atoms with Crippen molar-refractivity contribution in [2.24, 2.45) is 11.8 Å². The molecule has 0 unspecified atom stereocenters. The molecule has 0 spiro atoms. The van der Waals surface area contributed by atoms with Crippen LogP contribution in [0.2, 0.25) is 0 Å². The Hall–Kier alpha value is -2.05. The van der Waals surface area contributed by atoms with Crippen LogP contribution in [0.5, 0.6) is 11.5 Å². The fourth-order valence-corrected chi connectivity index (χ4v) is 4.72. The lowest BCUT2D eigenvalue weighted by atomic mass is 9.84. The Morgan fingerprint density at radius 2 is 1.86 bits per heavy atom. The van der Waals surface area contributed by atoms with Gasteiger partial charge in [-0.25, -0.2) is 4.79 Å². The van der Waals surface area contributed by atoms with E-state index in [9.17, 15) is 4.79 Å². The molecule has 0 aromatic heterocycles. The molecule has 154 valence electrons. The van der Waals surface area contributed by atoms with Crippen molar-refractivity contribution in [1.29, 1.82) is 0 Å². The van der Waals surface area contributed by atoms with E-state index in [2.05, 4.69) is 38.3 Å². The number of methoxy groups -OCH3 is 1. The van der Waals surface area contributed by atoms with Crippen LogP contribution in [0.25, 0.3) is 0 Å². The molecule has 0 aliphatic carbocycles. The Balaban J connectivity index is 1.41. The van der Waals surface area contributed by atoms with Crippen LogP contribution in [0.3, 0.4) is 0 Å². The van der Waals surface area contributed by atoms with Crippen LogP contribution in [0.4, 0.5) is 5.69 Å². The van der Waals surface area contributed by atoms with Gasteiger partial charge in [-0.15, -0.1) is 0 Å². The summed E-state index contributed by atoms with van der Waals surface area (Å²) in [5.41, 5.74) is 1.61. The van der Waals surface area contributed by atoms with Gasteiger partial charge in [0.25, 0.3) is 0 Å². The maximum atomic E-state index is 11.7. The molecule has 0 atom stereocenters. The maximum Gasteiger partial charge on any atom is 0.337 e. The highest BCUT2D eigenvalue weighted by Gasteiger charge is 2.31. The number of anilines is 1. The summed E-state index contributed by atoms with van der Waals surface area (Å²) in [5, 5.41) is 3.45. The quantitative estimate of drug-likeness (QED) is 0.626. The molecule has 5 nitrogen and oxygen atoms in total. The summed E-state index contributed by atoms with van der Waals surface area (Å²) in [4.78, 5) is 14.1. The summed E-state index contributed by atoms with van der Waals surface area (Å²) in [6.45, 7) is 4.52. The highest BCUT2D eigenvalue weighted by molar-refractivity contribution is 9.10. The highest BCUT2D eigenvalue weighted by atomic mass is 79.9. The van der Waals surface area contributed by atoms with Crippen LogP contribution < -0.4 is 15.0 Å². The third-order valence-corrected chi connectivity index (χ3v) is 6.48. The summed E-state index contributed by atoms with van der Waals surface area (Å²) in [6, 6.07) is 13.4. The number of benzene rings is 2. The predicted molar refractivity (Wildman–Crippen MR) is 118 cm³/mol. The smallest absolute Gasteiger partial charge is 0.337 e. The maximum absolute atomic E-state index is 11.7. The predicted octanol–water partition coefficient (Wildman–Crippen LogP) is 4.85. The Bertz CT molecular complexity index is 861. The zero-order valence-corrected chi connectivity index (χ0v) is 18.3. The van der Waals surface area contributed by atoms with Crippen LogP contribution in [0.1, 0.15) is 29.6 Å². The third-order valence-electron chi connectivity index (χ3n) is 5.86. The van der Waals surface area contributed by atoms with E-state index in [4.69, 9.17) is 9.47 Å². The normalized spacial score (nSPS) is 17.7. The second kappa shape index (κ2) is 9.18. The first kappa shape index (κ1) is 20.2. The van der Waals surface area contributed by atoms with E-state index < -0.39 is 0 Å². The second-order valence-electron chi connectivity index (χ2n) is 7.91. The van der Waals surface area contributed by atoms with Gasteiger partial charge in [0.1, 0.15) is 5.75 Å². The van der Waals surface area contributed by atoms with Crippen molar-refractivity contribution >= 4 is 27.6 Å². The number of para-hydroxylation sites is 2. The van der Waals surface area contributed by atoms with Gasteiger partial charge in [0.05, 0.1) is 22.8 Å². The van der Waals surface area contributed by atoms with Crippen LogP contribution in [0, 0.1) is 11.8 Å². The van der Waals surface area contributed by atoms with Crippen molar-refractivity contribution in [3.8, 4) is 11.5 Å². The average Bonchev–Trinajstić information content (AvgIpc) is 2.72. The Kier molecular flexibility index (Phi) is 6.40. The van der Waals surface area contributed by atoms with Crippen molar-refractivity contribution in [3.05, 3.63) is 52.5 Å². The number of nitrogens with one attached hydrogen (secondary N) is 1. The molecule has 2 aliphatic heterocycles. The fourth-order valence-electron chi connectivity index (χ4n) is 4.26. The van der Waals surface area contributed by atoms with E-state index in [1.807, 2.05) is 12.1 Å². The van der Waals surface area contributed by atoms with Crippen molar-refractivity contribution in [3.63, 3.8) is 0 Å². The van der Waals surface area contributed by atoms with Gasteiger partial charge in [0.2, 0.25) is 0 Å². The molecule has 2 aromatic carbocycles.